The van der Waals surface area contributed by atoms with Gasteiger partial charge in [-0.05, 0) is 73.7 Å². The van der Waals surface area contributed by atoms with Gasteiger partial charge in [0.1, 0.15) is 12.4 Å². The number of benzene rings is 2. The Kier molecular flexibility index (Phi) is 7.69. The monoisotopic (exact) mass is 537 g/mol. The molecule has 1 atom stereocenters. The van der Waals surface area contributed by atoms with E-state index < -0.39 is 5.54 Å². The minimum absolute atomic E-state index is 0.155. The molecule has 1 aromatic heterocycles. The number of piperazine rings is 1. The molecule has 0 radical (unpaired) electrons. The number of aromatic amines is 1. The van der Waals surface area contributed by atoms with E-state index in [-0.39, 0.29) is 5.56 Å². The first kappa shape index (κ1) is 26.7. The number of nitrogens with zero attached hydrogens (tertiary/aromatic N) is 3. The van der Waals surface area contributed by atoms with Crippen LogP contribution >= 0.6 is 0 Å². The molecule has 2 aromatic carbocycles. The molecule has 0 spiro atoms. The third-order valence-corrected chi connectivity index (χ3v) is 8.49. The fourth-order valence-electron chi connectivity index (χ4n) is 5.95. The SMILES string of the molecule is CN1CCN(Cc2ccc3c(c2)CNC(C)(c2cc(-c4cccc(OCC5=CCCC=C5)c4)n[nH]c2=O)C3)CC1. The van der Waals surface area contributed by atoms with Crippen LogP contribution in [-0.2, 0) is 25.0 Å². The number of allylic oxidation sites excluding steroid dienone is 2. The molecule has 40 heavy (non-hydrogen) atoms. The van der Waals surface area contributed by atoms with Gasteiger partial charge in [0.05, 0.1) is 11.2 Å². The minimum Gasteiger partial charge on any atom is -0.489 e. The van der Waals surface area contributed by atoms with Crippen LogP contribution < -0.4 is 15.6 Å². The fraction of sp³-hybridized carbons (Fsp3) is 0.394. The van der Waals surface area contributed by atoms with Crippen molar-refractivity contribution in [3.05, 3.63) is 105 Å². The molecular formula is C33H39N5O2. The summed E-state index contributed by atoms with van der Waals surface area (Å²) in [5.74, 6) is 0.787. The maximum absolute atomic E-state index is 13.1. The molecule has 1 saturated heterocycles. The predicted octanol–water partition coefficient (Wildman–Crippen LogP) is 4.40. The molecule has 0 amide bonds. The average Bonchev–Trinajstić information content (AvgIpc) is 2.98. The van der Waals surface area contributed by atoms with E-state index >= 15 is 0 Å². The number of H-pyrrole nitrogens is 1. The second kappa shape index (κ2) is 11.5. The Morgan fingerprint density at radius 1 is 1.02 bits per heavy atom. The van der Waals surface area contributed by atoms with Crippen LogP contribution in [0, 0.1) is 0 Å². The van der Waals surface area contributed by atoms with E-state index in [9.17, 15) is 4.79 Å². The largest absolute Gasteiger partial charge is 0.489 e. The van der Waals surface area contributed by atoms with Gasteiger partial charge < -0.3 is 15.0 Å². The van der Waals surface area contributed by atoms with Gasteiger partial charge in [-0.2, -0.15) is 5.10 Å². The third kappa shape index (κ3) is 5.97. The van der Waals surface area contributed by atoms with Crippen molar-refractivity contribution in [1.29, 1.82) is 0 Å². The molecule has 7 heteroatoms. The molecule has 0 saturated carbocycles. The second-order valence-electron chi connectivity index (χ2n) is 11.6. The lowest BCUT2D eigenvalue weighted by atomic mass is 9.81. The molecule has 1 unspecified atom stereocenters. The first-order chi connectivity index (χ1) is 19.4. The summed E-state index contributed by atoms with van der Waals surface area (Å²) in [4.78, 5) is 18.0. The third-order valence-electron chi connectivity index (χ3n) is 8.49. The fourth-order valence-corrected chi connectivity index (χ4v) is 5.95. The van der Waals surface area contributed by atoms with E-state index in [2.05, 4.69) is 75.7 Å². The first-order valence-electron chi connectivity index (χ1n) is 14.4. The summed E-state index contributed by atoms with van der Waals surface area (Å²) >= 11 is 0. The summed E-state index contributed by atoms with van der Waals surface area (Å²) < 4.78 is 6.06. The van der Waals surface area contributed by atoms with Crippen molar-refractivity contribution in [1.82, 2.24) is 25.3 Å². The van der Waals surface area contributed by atoms with Gasteiger partial charge in [0, 0.05) is 50.4 Å². The molecule has 1 aliphatic carbocycles. The van der Waals surface area contributed by atoms with Crippen molar-refractivity contribution >= 4 is 0 Å². The van der Waals surface area contributed by atoms with Crippen molar-refractivity contribution in [3.8, 4) is 17.0 Å². The van der Waals surface area contributed by atoms with E-state index in [4.69, 9.17) is 4.74 Å². The topological polar surface area (TPSA) is 73.5 Å². The van der Waals surface area contributed by atoms with Gasteiger partial charge in [-0.25, -0.2) is 5.10 Å². The van der Waals surface area contributed by atoms with Gasteiger partial charge in [-0.1, -0.05) is 48.6 Å². The zero-order valence-electron chi connectivity index (χ0n) is 23.6. The number of ether oxygens (including phenoxy) is 1. The molecule has 0 bridgehead atoms. The van der Waals surface area contributed by atoms with Gasteiger partial charge in [0.2, 0.25) is 0 Å². The number of hydrogen-bond acceptors (Lipinski definition) is 6. The number of aromatic nitrogens is 2. The molecule has 2 N–H and O–H groups in total. The van der Waals surface area contributed by atoms with E-state index in [1.54, 1.807) is 0 Å². The number of rotatable bonds is 7. The smallest absolute Gasteiger partial charge is 0.269 e. The lowest BCUT2D eigenvalue weighted by Crippen LogP contribution is -2.48. The highest BCUT2D eigenvalue weighted by molar-refractivity contribution is 5.61. The second-order valence-corrected chi connectivity index (χ2v) is 11.6. The molecule has 7 nitrogen and oxygen atoms in total. The Morgan fingerprint density at radius 2 is 1.90 bits per heavy atom. The summed E-state index contributed by atoms with van der Waals surface area (Å²) in [5, 5.41) is 10.8. The Labute approximate surface area is 236 Å². The van der Waals surface area contributed by atoms with E-state index in [1.807, 2.05) is 30.3 Å². The molecular weight excluding hydrogens is 498 g/mol. The van der Waals surface area contributed by atoms with Crippen LogP contribution in [0.5, 0.6) is 5.75 Å². The van der Waals surface area contributed by atoms with E-state index in [0.29, 0.717) is 12.2 Å². The van der Waals surface area contributed by atoms with Crippen LogP contribution in [0.1, 0.15) is 42.0 Å². The highest BCUT2D eigenvalue weighted by Gasteiger charge is 2.34. The average molecular weight is 538 g/mol. The summed E-state index contributed by atoms with van der Waals surface area (Å²) in [6.45, 7) is 8.86. The number of nitrogens with one attached hydrogen (secondary N) is 2. The zero-order chi connectivity index (χ0) is 27.5. The zero-order valence-corrected chi connectivity index (χ0v) is 23.6. The van der Waals surface area contributed by atoms with E-state index in [1.165, 1.54) is 22.3 Å². The molecule has 208 valence electrons. The Hall–Kier alpha value is -3.52. The molecule has 6 rings (SSSR count). The van der Waals surface area contributed by atoms with Crippen LogP contribution in [-0.4, -0.2) is 59.8 Å². The molecule has 3 aromatic rings. The number of fused-ring (bicyclic) bond motifs is 1. The highest BCUT2D eigenvalue weighted by atomic mass is 16.5. The van der Waals surface area contributed by atoms with Crippen LogP contribution in [0.15, 0.2) is 77.1 Å². The highest BCUT2D eigenvalue weighted by Crippen LogP contribution is 2.32. The van der Waals surface area contributed by atoms with Crippen LogP contribution in [0.2, 0.25) is 0 Å². The maximum Gasteiger partial charge on any atom is 0.269 e. The normalized spacial score (nSPS) is 21.6. The maximum atomic E-state index is 13.1. The van der Waals surface area contributed by atoms with Crippen molar-refractivity contribution < 1.29 is 4.74 Å². The predicted molar refractivity (Wildman–Crippen MR) is 159 cm³/mol. The number of likely N-dealkylation sites (N-methyl/N-ethyl adjacent to an activating group) is 1. The van der Waals surface area contributed by atoms with Crippen molar-refractivity contribution in [2.75, 3.05) is 39.8 Å². The van der Waals surface area contributed by atoms with Gasteiger partial charge in [-0.15, -0.1) is 0 Å². The summed E-state index contributed by atoms with van der Waals surface area (Å²) in [5.41, 5.74) is 6.87. The van der Waals surface area contributed by atoms with Crippen LogP contribution in [0.3, 0.4) is 0 Å². The standard InChI is InChI=1S/C33H39N5O2/c1-33(20-27-12-11-25(17-28(27)21-34-33)22-38-15-13-37(2)14-16-38)30-19-31(35-36-32(30)39)26-9-6-10-29(18-26)40-23-24-7-4-3-5-8-24/h4,6-12,17-19,34H,3,5,13-16,20-23H2,1-2H3,(H,36,39). The quantitative estimate of drug-likeness (QED) is 0.466. The Balaban J connectivity index is 1.18. The van der Waals surface area contributed by atoms with E-state index in [0.717, 1.165) is 75.5 Å². The molecule has 2 aliphatic heterocycles. The lowest BCUT2D eigenvalue weighted by molar-refractivity contribution is 0.148. The number of hydrogen-bond donors (Lipinski definition) is 2. The molecule has 1 fully saturated rings. The summed E-state index contributed by atoms with van der Waals surface area (Å²) in [6, 6.07) is 16.7. The van der Waals surface area contributed by atoms with Gasteiger partial charge in [0.25, 0.3) is 5.56 Å². The molecule has 3 aliphatic rings. The minimum atomic E-state index is -0.495. The first-order valence-corrected chi connectivity index (χ1v) is 14.4. The van der Waals surface area contributed by atoms with Gasteiger partial charge in [-0.3, -0.25) is 9.69 Å². The summed E-state index contributed by atoms with van der Waals surface area (Å²) in [7, 11) is 2.19. The molecule has 3 heterocycles. The lowest BCUT2D eigenvalue weighted by Gasteiger charge is -2.37. The van der Waals surface area contributed by atoms with Crippen molar-refractivity contribution in [2.24, 2.45) is 0 Å². The summed E-state index contributed by atoms with van der Waals surface area (Å²) in [6.07, 6.45) is 9.45. The van der Waals surface area contributed by atoms with Crippen LogP contribution in [0.25, 0.3) is 11.3 Å². The van der Waals surface area contributed by atoms with Crippen molar-refractivity contribution in [2.45, 2.75) is 44.8 Å². The van der Waals surface area contributed by atoms with Gasteiger partial charge >= 0.3 is 0 Å². The Morgan fingerprint density at radius 3 is 2.73 bits per heavy atom. The van der Waals surface area contributed by atoms with Crippen molar-refractivity contribution in [3.63, 3.8) is 0 Å². The van der Waals surface area contributed by atoms with Gasteiger partial charge in [0.15, 0.2) is 0 Å². The van der Waals surface area contributed by atoms with Crippen LogP contribution in [0.4, 0.5) is 0 Å². The Bertz CT molecular complexity index is 1480.